The molecule has 0 amide bonds. The van der Waals surface area contributed by atoms with Crippen molar-refractivity contribution in [2.45, 2.75) is 166 Å². The van der Waals surface area contributed by atoms with Crippen LogP contribution in [0, 0.1) is 70.4 Å². The van der Waals surface area contributed by atoms with Crippen LogP contribution in [0.4, 0.5) is 0 Å². The largest absolute Gasteiger partial charge is 0.472 e. The van der Waals surface area contributed by atoms with E-state index in [0.717, 1.165) is 43.9 Å². The maximum atomic E-state index is 12.7. The highest BCUT2D eigenvalue weighted by Crippen LogP contribution is 2.51. The van der Waals surface area contributed by atoms with Crippen LogP contribution in [0.3, 0.4) is 0 Å². The lowest BCUT2D eigenvalue weighted by Gasteiger charge is -2.44. The maximum absolute atomic E-state index is 12.7. The number of ether oxygens (including phenoxy) is 2. The number of phosphoric ester groups is 3. The molecule has 0 aromatic rings. The molecule has 1 aliphatic carbocycles. The lowest BCUT2D eigenvalue weighted by atomic mass is 9.85. The number of phosphoric acid groups is 3. The Morgan fingerprint density at radius 2 is 1.03 bits per heavy atom. The third kappa shape index (κ3) is 34.8. The molecule has 0 radical (unpaired) electrons. The fraction of sp³-hybridized carbons (Fsp3) is 0.674. The average Bonchev–Trinajstić information content (AvgIpc) is 3.25. The Labute approximate surface area is 413 Å². The van der Waals surface area contributed by atoms with Crippen molar-refractivity contribution in [1.29, 1.82) is 0 Å². The zero-order valence-corrected chi connectivity index (χ0v) is 41.2. The van der Waals surface area contributed by atoms with E-state index in [-0.39, 0.29) is 27.2 Å². The molecule has 1 fully saturated rings. The molecule has 0 aromatic carbocycles. The van der Waals surface area contributed by atoms with Crippen LogP contribution < -0.4 is 0 Å². The summed E-state index contributed by atoms with van der Waals surface area (Å²) in [4.78, 5) is 70.1. The summed E-state index contributed by atoms with van der Waals surface area (Å²) in [7, 11) is -16.4. The second-order valence-electron chi connectivity index (χ2n) is 14.4. The van der Waals surface area contributed by atoms with Gasteiger partial charge in [0.25, 0.3) is 0 Å². The van der Waals surface area contributed by atoms with Crippen molar-refractivity contribution in [3.8, 4) is 70.4 Å². The first kappa shape index (κ1) is 64.0. The predicted octanol–water partition coefficient (Wildman–Crippen LogP) is 6.65. The molecule has 67 heavy (non-hydrogen) atoms. The van der Waals surface area contributed by atoms with Crippen molar-refractivity contribution in [2.75, 3.05) is 20.0 Å². The van der Waals surface area contributed by atoms with Gasteiger partial charge < -0.3 is 54.4 Å². The highest BCUT2D eigenvalue weighted by atomic mass is 32.2. The second-order valence-corrected chi connectivity index (χ2v) is 19.0. The quantitative estimate of drug-likeness (QED) is 0.0124. The summed E-state index contributed by atoms with van der Waals surface area (Å²) >= 11 is 0.971. The SMILES string of the molecule is CC#CC#CC#CC#CC#CC#CSC(=O)CCC.CCCCCCCCCCCCCCCC(=O)O[C@H](COCO)COP(=O)(O)OC1C(O)[C@H](O)[C@H](OP(=O)(O)O)C(OP(=O)(O)O)[C@@H]1O.[HH].[HH].[HH].[HH].[HH].[HH].[HH].[HH].[HH].[HH].[HH]. The Hall–Kier alpha value is -3.02. The number of thioether (sulfide) groups is 1. The van der Waals surface area contributed by atoms with E-state index in [9.17, 15) is 43.5 Å². The third-order valence-electron chi connectivity index (χ3n) is 8.75. The van der Waals surface area contributed by atoms with Crippen molar-refractivity contribution in [3.05, 3.63) is 0 Å². The van der Waals surface area contributed by atoms with E-state index in [0.29, 0.717) is 12.8 Å². The minimum Gasteiger partial charge on any atom is -0.457 e. The van der Waals surface area contributed by atoms with Crippen molar-refractivity contribution in [3.63, 3.8) is 0 Å². The number of carbonyl (C=O) groups is 2. The van der Waals surface area contributed by atoms with E-state index in [2.05, 4.69) is 86.3 Å². The number of carbonyl (C=O) groups excluding carboxylic acids is 2. The minimum absolute atomic E-state index is 0. The molecule has 24 heteroatoms. The zero-order chi connectivity index (χ0) is 50.6. The number of aliphatic hydroxyl groups is 4. The summed E-state index contributed by atoms with van der Waals surface area (Å²) in [5, 5.41) is 42.8. The van der Waals surface area contributed by atoms with E-state index >= 15 is 0 Å². The van der Waals surface area contributed by atoms with Crippen molar-refractivity contribution >= 4 is 46.3 Å². The number of unbranched alkanes of at least 4 members (excludes halogenated alkanes) is 12. The third-order valence-corrected chi connectivity index (χ3v) is 11.4. The van der Waals surface area contributed by atoms with Crippen LogP contribution in [0.25, 0.3) is 0 Å². The highest BCUT2D eigenvalue weighted by molar-refractivity contribution is 8.17. The number of hydrogen-bond acceptors (Lipinski definition) is 16. The van der Waals surface area contributed by atoms with Gasteiger partial charge in [-0.15, -0.1) is 0 Å². The Bertz CT molecular complexity index is 2050. The van der Waals surface area contributed by atoms with Gasteiger partial charge >= 0.3 is 29.4 Å². The minimum atomic E-state index is -5.56. The first-order valence-electron chi connectivity index (χ1n) is 21.4. The molecule has 398 valence electrons. The number of rotatable bonds is 29. The molecular formula is C43H85O20P3S. The Morgan fingerprint density at radius 3 is 1.49 bits per heavy atom. The number of esters is 1. The standard InChI is InChI=1S/C26H53O19P3.C17H10OS.11H2/c1-2-3-4-5-6-7-8-9-10-11-12-13-14-15-20(28)42-19(16-40-18-27)17-41-48(38,39)45-24-21(29)22(30)25(43-46(32,33)34)26(23(24)31)44-47(35,36)37;1-3-5-6-7-8-9-10-11-12-13-14-16-19-17(18)15-4-2;;;;;;;;;;;/h19,21-27,29-31H,2-18H2,1H3,(H,38,39)(H2,32,33,34)(H2,35,36,37);4,15H2,1-2H3;11*1H/t19-,21?,22+,23-,24?,25+,26?;;;;;;;;;;;;/m1............/s1. The first-order chi connectivity index (χ1) is 31.7. The average molecular weight is 1050 g/mol. The summed E-state index contributed by atoms with van der Waals surface area (Å²) in [5.74, 6) is 27.1. The number of hydrogen-bond donors (Lipinski definition) is 9. The van der Waals surface area contributed by atoms with Gasteiger partial charge in [-0.2, -0.15) is 0 Å². The van der Waals surface area contributed by atoms with Crippen LogP contribution >= 0.6 is 35.2 Å². The predicted molar refractivity (Wildman–Crippen MR) is 269 cm³/mol. The van der Waals surface area contributed by atoms with Crippen molar-refractivity contribution in [1.82, 2.24) is 0 Å². The highest BCUT2D eigenvalue weighted by Gasteiger charge is 2.56. The van der Waals surface area contributed by atoms with E-state index < -0.39 is 92.2 Å². The van der Waals surface area contributed by atoms with Gasteiger partial charge in [-0.1, -0.05) is 96.8 Å². The Balaban J connectivity index is -0.000000126. The zero-order valence-electron chi connectivity index (χ0n) is 37.7. The second kappa shape index (κ2) is 37.8. The molecule has 1 rings (SSSR count). The smallest absolute Gasteiger partial charge is 0.457 e. The Kier molecular flexibility index (Phi) is 36.1. The summed E-state index contributed by atoms with van der Waals surface area (Å²) in [5.41, 5.74) is 0. The summed E-state index contributed by atoms with van der Waals surface area (Å²) in [6, 6.07) is 0. The summed E-state index contributed by atoms with van der Waals surface area (Å²) in [6.45, 7) is 3.70. The molecule has 0 bridgehead atoms. The summed E-state index contributed by atoms with van der Waals surface area (Å²) < 4.78 is 63.4. The topological polar surface area (TPSA) is 323 Å². The fourth-order valence-electron chi connectivity index (χ4n) is 5.72. The molecule has 0 aliphatic heterocycles. The van der Waals surface area contributed by atoms with E-state index in [1.54, 1.807) is 6.92 Å². The van der Waals surface area contributed by atoms with Gasteiger partial charge in [0.1, 0.15) is 49.5 Å². The van der Waals surface area contributed by atoms with Crippen molar-refractivity contribution in [2.24, 2.45) is 0 Å². The molecule has 1 aliphatic rings. The van der Waals surface area contributed by atoms with Crippen LogP contribution in [0.2, 0.25) is 0 Å². The van der Waals surface area contributed by atoms with Gasteiger partial charge in [-0.3, -0.25) is 27.7 Å². The van der Waals surface area contributed by atoms with E-state index in [1.165, 1.54) is 51.4 Å². The lowest BCUT2D eigenvalue weighted by Crippen LogP contribution is -2.65. The molecule has 8 atom stereocenters. The molecular weight excluding hydrogens is 961 g/mol. The molecule has 0 heterocycles. The Morgan fingerprint density at radius 1 is 0.582 bits per heavy atom. The van der Waals surface area contributed by atoms with Crippen LogP contribution in [0.5, 0.6) is 0 Å². The van der Waals surface area contributed by atoms with Gasteiger partial charge in [0.15, 0.2) is 0 Å². The van der Waals surface area contributed by atoms with Crippen molar-refractivity contribution < 1.29 is 111 Å². The molecule has 0 saturated heterocycles. The van der Waals surface area contributed by atoms with Crippen LogP contribution in [-0.2, 0) is 50.9 Å². The van der Waals surface area contributed by atoms with Gasteiger partial charge in [-0.25, -0.2) is 13.7 Å². The van der Waals surface area contributed by atoms with Gasteiger partial charge in [-0.05, 0) is 84.2 Å². The van der Waals surface area contributed by atoms with Gasteiger partial charge in [0.2, 0.25) is 5.12 Å². The van der Waals surface area contributed by atoms with Gasteiger partial charge in [0.05, 0.1) is 13.2 Å². The monoisotopic (exact) mass is 1050 g/mol. The summed E-state index contributed by atoms with van der Waals surface area (Å²) in [6.07, 6.45) is -0.325. The van der Waals surface area contributed by atoms with Gasteiger partial charge in [0, 0.05) is 40.3 Å². The molecule has 0 spiro atoms. The van der Waals surface area contributed by atoms with Crippen LogP contribution in [-0.4, -0.2) is 119 Å². The van der Waals surface area contributed by atoms with Crippen LogP contribution in [0.1, 0.15) is 139 Å². The first-order valence-corrected chi connectivity index (χ1v) is 26.8. The number of aliphatic hydroxyl groups excluding tert-OH is 4. The molecule has 1 saturated carbocycles. The lowest BCUT2D eigenvalue weighted by molar-refractivity contribution is -0.213. The normalized spacial score (nSPS) is 19.9. The molecule has 9 N–H and O–H groups in total. The maximum Gasteiger partial charge on any atom is 0.472 e. The molecule has 4 unspecified atom stereocenters. The van der Waals surface area contributed by atoms with E-state index in [4.69, 9.17) is 43.2 Å². The van der Waals surface area contributed by atoms with Crippen LogP contribution in [0.15, 0.2) is 0 Å². The molecule has 0 aromatic heterocycles. The molecule has 20 nitrogen and oxygen atoms in total. The van der Waals surface area contributed by atoms with E-state index in [1.807, 2.05) is 6.92 Å². The fourth-order valence-corrected chi connectivity index (χ4v) is 8.34.